The smallest absolute Gasteiger partial charge is 0.302 e. The summed E-state index contributed by atoms with van der Waals surface area (Å²) in [5.74, 6) is -1.51. The van der Waals surface area contributed by atoms with Crippen molar-refractivity contribution in [3.05, 3.63) is 0 Å². The highest BCUT2D eigenvalue weighted by atomic mass is 31.2. The fourth-order valence-electron chi connectivity index (χ4n) is 2.20. The first-order chi connectivity index (χ1) is 11.7. The standard InChI is InChI=1S/C16H28O8P/c1-13(17)21-5-9-25(10-6-22-14(2)18,11-7-23-15(3)19)12-8-24-16(4)20/h5-12H2,1-4H3/q+1. The van der Waals surface area contributed by atoms with Crippen molar-refractivity contribution >= 4 is 31.1 Å². The van der Waals surface area contributed by atoms with E-state index in [4.69, 9.17) is 18.9 Å². The third-order valence-electron chi connectivity index (χ3n) is 3.48. The summed E-state index contributed by atoms with van der Waals surface area (Å²) in [5.41, 5.74) is 0. The van der Waals surface area contributed by atoms with E-state index in [9.17, 15) is 19.2 Å². The highest BCUT2D eigenvalue weighted by Crippen LogP contribution is 2.57. The molecule has 0 saturated carbocycles. The zero-order valence-electron chi connectivity index (χ0n) is 15.4. The van der Waals surface area contributed by atoms with E-state index in [0.717, 1.165) is 0 Å². The summed E-state index contributed by atoms with van der Waals surface area (Å²) in [6.45, 7) is 6.22. The van der Waals surface area contributed by atoms with Gasteiger partial charge in [0.25, 0.3) is 0 Å². The summed E-state index contributed by atoms with van der Waals surface area (Å²) in [4.78, 5) is 44.1. The minimum absolute atomic E-state index is 0.226. The van der Waals surface area contributed by atoms with Gasteiger partial charge in [-0.25, -0.2) is 0 Å². The predicted molar refractivity (Wildman–Crippen MR) is 92.9 cm³/mol. The lowest BCUT2D eigenvalue weighted by Crippen LogP contribution is -2.24. The van der Waals surface area contributed by atoms with E-state index in [1.165, 1.54) is 27.7 Å². The first kappa shape index (κ1) is 23.3. The van der Waals surface area contributed by atoms with Crippen molar-refractivity contribution in [1.29, 1.82) is 0 Å². The fraction of sp³-hybridized carbons (Fsp3) is 0.750. The van der Waals surface area contributed by atoms with Gasteiger partial charge < -0.3 is 18.9 Å². The minimum atomic E-state index is -1.83. The van der Waals surface area contributed by atoms with Gasteiger partial charge in [0, 0.05) is 35.0 Å². The molecule has 0 rings (SSSR count). The molecule has 144 valence electrons. The lowest BCUT2D eigenvalue weighted by molar-refractivity contribution is -0.141. The summed E-state index contributed by atoms with van der Waals surface area (Å²) in [5, 5.41) is 0. The molecule has 9 heteroatoms. The number of carbonyl (C=O) groups is 4. The van der Waals surface area contributed by atoms with Gasteiger partial charge in [-0.3, -0.25) is 19.2 Å². The topological polar surface area (TPSA) is 105 Å². The average Bonchev–Trinajstić information content (AvgIpc) is 2.45. The van der Waals surface area contributed by atoms with E-state index in [-0.39, 0.29) is 50.3 Å². The Morgan fingerprint density at radius 1 is 0.520 bits per heavy atom. The SMILES string of the molecule is CC(=O)OCC[P+](CCOC(C)=O)(CCOC(C)=O)CCOC(C)=O. The Morgan fingerprint density at radius 3 is 0.880 bits per heavy atom. The van der Waals surface area contributed by atoms with Crippen molar-refractivity contribution in [2.45, 2.75) is 27.7 Å². The quantitative estimate of drug-likeness (QED) is 0.283. The molecule has 0 N–H and O–H groups in total. The van der Waals surface area contributed by atoms with Crippen molar-refractivity contribution in [3.63, 3.8) is 0 Å². The molecule has 25 heavy (non-hydrogen) atoms. The average molecular weight is 379 g/mol. The molecule has 0 atom stereocenters. The highest BCUT2D eigenvalue weighted by molar-refractivity contribution is 7.76. The van der Waals surface area contributed by atoms with E-state index >= 15 is 0 Å². The summed E-state index contributed by atoms with van der Waals surface area (Å²) >= 11 is 0. The number of carbonyl (C=O) groups excluding carboxylic acids is 4. The molecule has 0 amide bonds. The van der Waals surface area contributed by atoms with Crippen molar-refractivity contribution < 1.29 is 38.1 Å². The van der Waals surface area contributed by atoms with Crippen molar-refractivity contribution in [2.75, 3.05) is 51.1 Å². The number of ether oxygens (including phenoxy) is 4. The summed E-state index contributed by atoms with van der Waals surface area (Å²) < 4.78 is 20.2. The third kappa shape index (κ3) is 13.3. The predicted octanol–water partition coefficient (Wildman–Crippen LogP) is 1.26. The van der Waals surface area contributed by atoms with E-state index in [2.05, 4.69) is 0 Å². The van der Waals surface area contributed by atoms with E-state index in [1.54, 1.807) is 0 Å². The van der Waals surface area contributed by atoms with Gasteiger partial charge in [-0.15, -0.1) is 0 Å². The molecular weight excluding hydrogens is 351 g/mol. The van der Waals surface area contributed by atoms with Crippen LogP contribution in [0.25, 0.3) is 0 Å². The Labute approximate surface area is 148 Å². The number of hydrogen-bond donors (Lipinski definition) is 0. The van der Waals surface area contributed by atoms with Crippen LogP contribution in [0.2, 0.25) is 0 Å². The second kappa shape index (κ2) is 12.6. The van der Waals surface area contributed by atoms with Gasteiger partial charge in [-0.05, 0) is 0 Å². The second-order valence-electron chi connectivity index (χ2n) is 5.60. The zero-order chi connectivity index (χ0) is 19.3. The van der Waals surface area contributed by atoms with Gasteiger partial charge >= 0.3 is 23.9 Å². The van der Waals surface area contributed by atoms with Gasteiger partial charge in [-0.2, -0.15) is 0 Å². The Balaban J connectivity index is 4.96. The minimum Gasteiger partial charge on any atom is -0.462 e. The molecule has 0 aliphatic carbocycles. The summed E-state index contributed by atoms with van der Waals surface area (Å²) in [6, 6.07) is 0. The maximum Gasteiger partial charge on any atom is 0.302 e. The van der Waals surface area contributed by atoms with E-state index < -0.39 is 7.26 Å². The largest absolute Gasteiger partial charge is 0.462 e. The molecule has 0 aromatic carbocycles. The molecule has 0 spiro atoms. The highest BCUT2D eigenvalue weighted by Gasteiger charge is 2.38. The molecule has 0 saturated heterocycles. The second-order valence-corrected chi connectivity index (χ2v) is 10.1. The summed E-state index contributed by atoms with van der Waals surface area (Å²) in [7, 11) is -1.83. The number of rotatable bonds is 12. The molecule has 0 unspecified atom stereocenters. The van der Waals surface area contributed by atoms with Gasteiger partial charge in [-0.1, -0.05) is 0 Å². The van der Waals surface area contributed by atoms with Crippen LogP contribution in [-0.2, 0) is 38.1 Å². The van der Waals surface area contributed by atoms with Crippen molar-refractivity contribution in [2.24, 2.45) is 0 Å². The third-order valence-corrected chi connectivity index (χ3v) is 8.01. The van der Waals surface area contributed by atoms with Gasteiger partial charge in [0.2, 0.25) is 0 Å². The van der Waals surface area contributed by atoms with E-state index in [0.29, 0.717) is 24.6 Å². The van der Waals surface area contributed by atoms with Crippen LogP contribution in [0, 0.1) is 0 Å². The van der Waals surface area contributed by atoms with Crippen molar-refractivity contribution in [3.8, 4) is 0 Å². The van der Waals surface area contributed by atoms with Crippen LogP contribution in [0.5, 0.6) is 0 Å². The molecule has 0 aliphatic heterocycles. The van der Waals surface area contributed by atoms with E-state index in [1.807, 2.05) is 0 Å². The van der Waals surface area contributed by atoms with Gasteiger partial charge in [0.05, 0.1) is 24.6 Å². The molecule has 8 nitrogen and oxygen atoms in total. The first-order valence-electron chi connectivity index (χ1n) is 8.05. The molecule has 0 bridgehead atoms. The van der Waals surface area contributed by atoms with Crippen LogP contribution in [0.4, 0.5) is 0 Å². The van der Waals surface area contributed by atoms with Crippen LogP contribution in [0.1, 0.15) is 27.7 Å². The first-order valence-corrected chi connectivity index (χ1v) is 10.6. The lowest BCUT2D eigenvalue weighted by Gasteiger charge is -2.27. The molecule has 0 radical (unpaired) electrons. The van der Waals surface area contributed by atoms with Gasteiger partial charge in [0.15, 0.2) is 0 Å². The maximum atomic E-state index is 11.0. The summed E-state index contributed by atoms with van der Waals surface area (Å²) in [6.07, 6.45) is 2.32. The van der Waals surface area contributed by atoms with Crippen LogP contribution in [-0.4, -0.2) is 75.0 Å². The lowest BCUT2D eigenvalue weighted by atomic mass is 10.7. The molecule has 0 aliphatic rings. The van der Waals surface area contributed by atoms with Crippen LogP contribution in [0.3, 0.4) is 0 Å². The molecule has 0 heterocycles. The molecule has 0 aromatic rings. The Bertz CT molecular complexity index is 378. The molecule has 0 fully saturated rings. The van der Waals surface area contributed by atoms with Gasteiger partial charge in [0.1, 0.15) is 26.4 Å². The maximum absolute atomic E-state index is 11.0. The van der Waals surface area contributed by atoms with Crippen molar-refractivity contribution in [1.82, 2.24) is 0 Å². The Morgan fingerprint density at radius 2 is 0.720 bits per heavy atom. The number of hydrogen-bond acceptors (Lipinski definition) is 8. The molecular formula is C16H28O8P+. The monoisotopic (exact) mass is 379 g/mol. The number of esters is 4. The van der Waals surface area contributed by atoms with Crippen LogP contribution >= 0.6 is 7.26 Å². The normalized spacial score (nSPS) is 10.7. The zero-order valence-corrected chi connectivity index (χ0v) is 16.3. The van der Waals surface area contributed by atoms with Crippen LogP contribution in [0.15, 0.2) is 0 Å². The fourth-order valence-corrected chi connectivity index (χ4v) is 5.46. The Kier molecular flexibility index (Phi) is 11.8. The van der Waals surface area contributed by atoms with Crippen LogP contribution < -0.4 is 0 Å². The molecule has 0 aromatic heterocycles. The Hall–Kier alpha value is -1.69.